The van der Waals surface area contributed by atoms with Crippen molar-refractivity contribution in [3.05, 3.63) is 48.6 Å². The maximum Gasteiger partial charge on any atom is 0.306 e. The number of phosphoric ester groups is 1. The van der Waals surface area contributed by atoms with Crippen molar-refractivity contribution in [2.75, 3.05) is 40.9 Å². The molecule has 0 rings (SSSR count). The van der Waals surface area contributed by atoms with Gasteiger partial charge in [0, 0.05) is 12.8 Å². The van der Waals surface area contributed by atoms with Crippen molar-refractivity contribution >= 4 is 19.7 Å². The third kappa shape index (κ3) is 62.5. The average molecular weight is 1170 g/mol. The Bertz CT molecular complexity index is 1540. The predicted octanol–water partition coefficient (Wildman–Crippen LogP) is 21.8. The quantitative estimate of drug-likeness (QED) is 0.0212. The fourth-order valence-electron chi connectivity index (χ4n) is 10.5. The number of carbonyl (C=O) groups excluding carboxylic acids is 2. The standard InChI is InChI=1S/C72H137N2O7P/c1-7-10-13-16-19-22-25-28-30-32-33-34-35-36-37-38-39-40-41-43-45-47-50-53-56-59-62-65-72(76)81-70(63-60-57-54-51-48-27-24-21-18-15-12-9-3)69(68-80-82(77,78)79-67-66-74(4,5)6)73-71(75)64-61-58-55-52-49-46-44-42-31-29-26-23-20-17-14-11-8-2/h19,22,28-31,60,63,69-70H,7-18,20-21,23-27,32-59,61-62,64-68H2,1-6H3,(H-,73,75,77,78)/b22-19-,30-28-,31-29+,63-60-. The van der Waals surface area contributed by atoms with Crippen molar-refractivity contribution in [1.82, 2.24) is 5.32 Å². The number of amides is 1. The van der Waals surface area contributed by atoms with E-state index in [2.05, 4.69) is 62.5 Å². The molecule has 10 heteroatoms. The molecule has 9 nitrogen and oxygen atoms in total. The SMILES string of the molecule is CCCCC/C=C\C/C=C\CCCCCCCCCCCCCCCCCCCC(=O)OC(/C=C\CCCCCCCCCCCC)C(COP(=O)([O-])OCC[N+](C)(C)C)NC(=O)CCCCCCCCC/C=C/CCCCCCCC. The molecule has 0 saturated carbocycles. The summed E-state index contributed by atoms with van der Waals surface area (Å²) in [6, 6.07) is -0.889. The number of likely N-dealkylation sites (N-methyl/N-ethyl adjacent to an activating group) is 1. The summed E-state index contributed by atoms with van der Waals surface area (Å²) in [5.41, 5.74) is 0. The summed E-state index contributed by atoms with van der Waals surface area (Å²) >= 11 is 0. The number of nitrogens with one attached hydrogen (secondary N) is 1. The van der Waals surface area contributed by atoms with E-state index in [1.54, 1.807) is 0 Å². The van der Waals surface area contributed by atoms with Crippen LogP contribution in [-0.4, -0.2) is 69.4 Å². The van der Waals surface area contributed by atoms with Crippen LogP contribution in [0.3, 0.4) is 0 Å². The second kappa shape index (κ2) is 62.0. The van der Waals surface area contributed by atoms with E-state index in [-0.39, 0.29) is 31.5 Å². The number of hydrogen-bond donors (Lipinski definition) is 1. The van der Waals surface area contributed by atoms with Crippen molar-refractivity contribution in [2.24, 2.45) is 0 Å². The molecule has 0 aliphatic carbocycles. The summed E-state index contributed by atoms with van der Waals surface area (Å²) in [5, 5.41) is 3.04. The zero-order valence-electron chi connectivity index (χ0n) is 55.2. The van der Waals surface area contributed by atoms with Crippen LogP contribution >= 0.6 is 7.82 Å². The number of esters is 1. The van der Waals surface area contributed by atoms with Gasteiger partial charge in [-0.3, -0.25) is 14.2 Å². The molecule has 0 aromatic heterocycles. The van der Waals surface area contributed by atoms with Crippen molar-refractivity contribution in [3.63, 3.8) is 0 Å². The van der Waals surface area contributed by atoms with Gasteiger partial charge in [0.25, 0.3) is 7.82 Å². The van der Waals surface area contributed by atoms with Crippen molar-refractivity contribution in [1.29, 1.82) is 0 Å². The summed E-state index contributed by atoms with van der Waals surface area (Å²) in [4.78, 5) is 40.1. The molecule has 1 amide bonds. The van der Waals surface area contributed by atoms with Gasteiger partial charge in [0.2, 0.25) is 5.91 Å². The molecule has 482 valence electrons. The van der Waals surface area contributed by atoms with Crippen molar-refractivity contribution in [3.8, 4) is 0 Å². The van der Waals surface area contributed by atoms with Gasteiger partial charge in [0.05, 0.1) is 33.8 Å². The lowest BCUT2D eigenvalue weighted by atomic mass is 10.0. The van der Waals surface area contributed by atoms with Crippen LogP contribution in [0.25, 0.3) is 0 Å². The van der Waals surface area contributed by atoms with Gasteiger partial charge in [0.15, 0.2) is 0 Å². The van der Waals surface area contributed by atoms with Crippen LogP contribution in [0.4, 0.5) is 0 Å². The Labute approximate surface area is 509 Å². The van der Waals surface area contributed by atoms with E-state index in [9.17, 15) is 19.0 Å². The molecule has 1 N–H and O–H groups in total. The summed E-state index contributed by atoms with van der Waals surface area (Å²) in [6.07, 6.45) is 78.1. The summed E-state index contributed by atoms with van der Waals surface area (Å²) in [7, 11) is 1.19. The highest BCUT2D eigenvalue weighted by Crippen LogP contribution is 2.38. The minimum atomic E-state index is -4.70. The molecule has 0 spiro atoms. The molecule has 0 aromatic carbocycles. The first-order chi connectivity index (χ1) is 39.9. The number of rotatable bonds is 65. The monoisotopic (exact) mass is 1170 g/mol. The Balaban J connectivity index is 5.00. The van der Waals surface area contributed by atoms with Gasteiger partial charge in [-0.2, -0.15) is 0 Å². The molecule has 0 radical (unpaired) electrons. The first kappa shape index (κ1) is 80.0. The fourth-order valence-corrected chi connectivity index (χ4v) is 11.2. The third-order valence-corrected chi connectivity index (χ3v) is 16.9. The number of quaternary nitrogens is 1. The van der Waals surface area contributed by atoms with Crippen molar-refractivity contribution < 1.29 is 37.3 Å². The zero-order valence-corrected chi connectivity index (χ0v) is 56.1. The summed E-state index contributed by atoms with van der Waals surface area (Å²) in [5.74, 6) is -0.531. The van der Waals surface area contributed by atoms with Crippen LogP contribution in [0.15, 0.2) is 48.6 Å². The molecule has 0 aliphatic rings. The lowest BCUT2D eigenvalue weighted by Crippen LogP contribution is -2.47. The predicted molar refractivity (Wildman–Crippen MR) is 353 cm³/mol. The van der Waals surface area contributed by atoms with Crippen LogP contribution in [0.5, 0.6) is 0 Å². The number of carbonyl (C=O) groups is 2. The van der Waals surface area contributed by atoms with Gasteiger partial charge in [-0.15, -0.1) is 0 Å². The molecular formula is C72H137N2O7P. The maximum atomic E-state index is 13.6. The largest absolute Gasteiger partial charge is 0.756 e. The summed E-state index contributed by atoms with van der Waals surface area (Å²) < 4.78 is 30.4. The molecule has 0 bridgehead atoms. The smallest absolute Gasteiger partial charge is 0.306 e. The highest BCUT2D eigenvalue weighted by atomic mass is 31.2. The topological polar surface area (TPSA) is 114 Å². The number of hydrogen-bond acceptors (Lipinski definition) is 7. The first-order valence-corrected chi connectivity index (χ1v) is 36.9. The summed E-state index contributed by atoms with van der Waals surface area (Å²) in [6.45, 7) is 6.86. The average Bonchev–Trinajstić information content (AvgIpc) is 3.44. The fraction of sp³-hybridized carbons (Fsp3) is 0.861. The number of allylic oxidation sites excluding steroid dienone is 7. The van der Waals surface area contributed by atoms with Gasteiger partial charge < -0.3 is 28.5 Å². The molecule has 82 heavy (non-hydrogen) atoms. The first-order valence-electron chi connectivity index (χ1n) is 35.4. The van der Waals surface area contributed by atoms with Crippen LogP contribution in [0, 0.1) is 0 Å². The number of phosphoric acid groups is 1. The van der Waals surface area contributed by atoms with E-state index in [0.717, 1.165) is 77.0 Å². The minimum absolute atomic E-state index is 0.0215. The van der Waals surface area contributed by atoms with Gasteiger partial charge >= 0.3 is 5.97 Å². The molecule has 0 fully saturated rings. The van der Waals surface area contributed by atoms with E-state index in [4.69, 9.17) is 13.8 Å². The number of nitrogens with zero attached hydrogens (tertiary/aromatic N) is 1. The van der Waals surface area contributed by atoms with E-state index in [1.165, 1.54) is 238 Å². The van der Waals surface area contributed by atoms with Crippen LogP contribution in [0.1, 0.15) is 348 Å². The second-order valence-corrected chi connectivity index (χ2v) is 26.8. The molecule has 0 aliphatic heterocycles. The van der Waals surface area contributed by atoms with Gasteiger partial charge in [-0.1, -0.05) is 294 Å². The Kier molecular flexibility index (Phi) is 60.5. The molecule has 0 saturated heterocycles. The number of unbranched alkanes of at least 4 members (excludes halogenated alkanes) is 43. The van der Waals surface area contributed by atoms with Gasteiger partial charge in [-0.05, 0) is 89.5 Å². The van der Waals surface area contributed by atoms with Gasteiger partial charge in [0.1, 0.15) is 19.3 Å². The zero-order chi connectivity index (χ0) is 60.0. The lowest BCUT2D eigenvalue weighted by molar-refractivity contribution is -0.870. The Morgan fingerprint density at radius 3 is 1.13 bits per heavy atom. The van der Waals surface area contributed by atoms with Crippen molar-refractivity contribution in [2.45, 2.75) is 360 Å². The van der Waals surface area contributed by atoms with Gasteiger partial charge in [-0.25, -0.2) is 0 Å². The van der Waals surface area contributed by atoms with E-state index in [0.29, 0.717) is 17.4 Å². The maximum absolute atomic E-state index is 13.6. The highest BCUT2D eigenvalue weighted by Gasteiger charge is 2.27. The second-order valence-electron chi connectivity index (χ2n) is 25.4. The highest BCUT2D eigenvalue weighted by molar-refractivity contribution is 7.45. The molecule has 3 atom stereocenters. The van der Waals surface area contributed by atoms with Crippen LogP contribution < -0.4 is 10.2 Å². The Morgan fingerprint density at radius 1 is 0.427 bits per heavy atom. The van der Waals surface area contributed by atoms with Crippen LogP contribution in [-0.2, 0) is 27.9 Å². The molecule has 0 heterocycles. The van der Waals surface area contributed by atoms with E-state index < -0.39 is 20.0 Å². The molecule has 3 unspecified atom stereocenters. The van der Waals surface area contributed by atoms with Crippen LogP contribution in [0.2, 0.25) is 0 Å². The van der Waals surface area contributed by atoms with E-state index in [1.807, 2.05) is 33.3 Å². The minimum Gasteiger partial charge on any atom is -0.756 e. The number of ether oxygens (including phenoxy) is 1. The lowest BCUT2D eigenvalue weighted by Gasteiger charge is -2.30. The Morgan fingerprint density at radius 2 is 0.744 bits per heavy atom. The van der Waals surface area contributed by atoms with E-state index >= 15 is 0 Å². The molecule has 0 aromatic rings. The molecular weight excluding hydrogens is 1040 g/mol. The normalized spacial score (nSPS) is 13.8. The third-order valence-electron chi connectivity index (χ3n) is 16.0. The Hall–Kier alpha value is -2.03.